The van der Waals surface area contributed by atoms with E-state index in [4.69, 9.17) is 18.9 Å². The maximum atomic E-state index is 13.2. The lowest BCUT2D eigenvalue weighted by Crippen LogP contribution is -2.32. The molecule has 2 atom stereocenters. The first-order chi connectivity index (χ1) is 15.9. The lowest BCUT2D eigenvalue weighted by atomic mass is 10.1. The molecule has 0 spiro atoms. The minimum absolute atomic E-state index is 0.477. The van der Waals surface area contributed by atoms with Crippen molar-refractivity contribution in [2.75, 3.05) is 19.5 Å². The van der Waals surface area contributed by atoms with Crippen LogP contribution in [0.3, 0.4) is 0 Å². The van der Waals surface area contributed by atoms with Crippen LogP contribution < -0.4 is 19.5 Å². The summed E-state index contributed by atoms with van der Waals surface area (Å²) in [5.41, 5.74) is 1.97. The molecule has 0 radical (unpaired) electrons. The van der Waals surface area contributed by atoms with Gasteiger partial charge in [-0.2, -0.15) is 0 Å². The second-order valence-corrected chi connectivity index (χ2v) is 7.36. The molecule has 0 heterocycles. The number of carbonyl (C=O) groups is 2. The number of carbonyl (C=O) groups excluding carboxylic acids is 2. The summed E-state index contributed by atoms with van der Waals surface area (Å²) in [6.07, 6.45) is -2.11. The zero-order valence-electron chi connectivity index (χ0n) is 19.0. The first kappa shape index (κ1) is 23.7. The van der Waals surface area contributed by atoms with E-state index < -0.39 is 24.1 Å². The SMILES string of the molecule is COc1ccc(OC(C)C(=O)OC(C(=O)Nc2cc(C)ccc2OC)c2ccccc2)cc1. The molecule has 33 heavy (non-hydrogen) atoms. The van der Waals surface area contributed by atoms with Crippen molar-refractivity contribution < 1.29 is 28.5 Å². The molecular weight excluding hydrogens is 422 g/mol. The minimum Gasteiger partial charge on any atom is -0.497 e. The van der Waals surface area contributed by atoms with Gasteiger partial charge in [0.25, 0.3) is 5.91 Å². The van der Waals surface area contributed by atoms with Crippen LogP contribution in [0.15, 0.2) is 72.8 Å². The lowest BCUT2D eigenvalue weighted by molar-refractivity contribution is -0.161. The van der Waals surface area contributed by atoms with Gasteiger partial charge in [0.1, 0.15) is 17.2 Å². The summed E-state index contributed by atoms with van der Waals surface area (Å²) in [5.74, 6) is 0.472. The van der Waals surface area contributed by atoms with Gasteiger partial charge in [-0.3, -0.25) is 4.79 Å². The Morgan fingerprint density at radius 3 is 2.15 bits per heavy atom. The molecule has 172 valence electrons. The van der Waals surface area contributed by atoms with Crippen LogP contribution in [0.25, 0.3) is 0 Å². The molecule has 0 aliphatic carbocycles. The highest BCUT2D eigenvalue weighted by Gasteiger charge is 2.29. The highest BCUT2D eigenvalue weighted by Crippen LogP contribution is 2.28. The number of hydrogen-bond donors (Lipinski definition) is 1. The van der Waals surface area contributed by atoms with E-state index in [-0.39, 0.29) is 0 Å². The smallest absolute Gasteiger partial charge is 0.348 e. The lowest BCUT2D eigenvalue weighted by Gasteiger charge is -2.21. The molecule has 7 nitrogen and oxygen atoms in total. The topological polar surface area (TPSA) is 83.1 Å². The van der Waals surface area contributed by atoms with Crippen molar-refractivity contribution in [2.24, 2.45) is 0 Å². The Labute approximate surface area is 193 Å². The van der Waals surface area contributed by atoms with E-state index >= 15 is 0 Å². The summed E-state index contributed by atoms with van der Waals surface area (Å²) >= 11 is 0. The van der Waals surface area contributed by atoms with Gasteiger partial charge in [0.2, 0.25) is 6.10 Å². The number of ether oxygens (including phenoxy) is 4. The summed E-state index contributed by atoms with van der Waals surface area (Å²) in [6.45, 7) is 3.47. The number of esters is 1. The molecule has 0 aliphatic rings. The van der Waals surface area contributed by atoms with Crippen molar-refractivity contribution in [1.29, 1.82) is 0 Å². The largest absolute Gasteiger partial charge is 0.497 e. The Balaban J connectivity index is 1.77. The van der Waals surface area contributed by atoms with Gasteiger partial charge in [-0.05, 0) is 55.8 Å². The fraction of sp³-hybridized carbons (Fsp3) is 0.231. The van der Waals surface area contributed by atoms with Gasteiger partial charge in [0.05, 0.1) is 19.9 Å². The van der Waals surface area contributed by atoms with E-state index in [2.05, 4.69) is 5.32 Å². The van der Waals surface area contributed by atoms with Crippen molar-refractivity contribution in [3.05, 3.63) is 83.9 Å². The third-order valence-electron chi connectivity index (χ3n) is 4.89. The van der Waals surface area contributed by atoms with Crippen molar-refractivity contribution in [1.82, 2.24) is 0 Å². The van der Waals surface area contributed by atoms with Crippen LogP contribution in [-0.4, -0.2) is 32.2 Å². The highest BCUT2D eigenvalue weighted by atomic mass is 16.6. The second-order valence-electron chi connectivity index (χ2n) is 7.36. The van der Waals surface area contributed by atoms with E-state index in [0.717, 1.165) is 5.56 Å². The number of hydrogen-bond acceptors (Lipinski definition) is 6. The Morgan fingerprint density at radius 2 is 1.52 bits per heavy atom. The van der Waals surface area contributed by atoms with E-state index in [1.807, 2.05) is 19.1 Å². The van der Waals surface area contributed by atoms with Crippen molar-refractivity contribution >= 4 is 17.6 Å². The third-order valence-corrected chi connectivity index (χ3v) is 4.89. The van der Waals surface area contributed by atoms with E-state index in [9.17, 15) is 9.59 Å². The number of benzene rings is 3. The molecule has 0 fully saturated rings. The zero-order chi connectivity index (χ0) is 23.8. The number of rotatable bonds is 9. The Kier molecular flexibility index (Phi) is 7.91. The minimum atomic E-state index is -1.18. The number of amides is 1. The number of nitrogens with one attached hydrogen (secondary N) is 1. The third kappa shape index (κ3) is 6.26. The predicted octanol–water partition coefficient (Wildman–Crippen LogP) is 4.70. The average Bonchev–Trinajstić information content (AvgIpc) is 2.83. The standard InChI is InChI=1S/C26H27NO6/c1-17-10-15-23(31-4)22(16-17)27-25(28)24(19-8-6-5-7-9-19)33-26(29)18(2)32-21-13-11-20(30-3)12-14-21/h5-16,18,24H,1-4H3,(H,27,28). The normalized spacial score (nSPS) is 12.2. The Hall–Kier alpha value is -4.00. The molecule has 1 amide bonds. The van der Waals surface area contributed by atoms with Crippen LogP contribution >= 0.6 is 0 Å². The summed E-state index contributed by atoms with van der Waals surface area (Å²) in [5, 5.41) is 2.81. The highest BCUT2D eigenvalue weighted by molar-refractivity contribution is 5.97. The molecule has 0 aromatic heterocycles. The van der Waals surface area contributed by atoms with Crippen LogP contribution in [-0.2, 0) is 14.3 Å². The predicted molar refractivity (Wildman–Crippen MR) is 125 cm³/mol. The van der Waals surface area contributed by atoms with Gasteiger partial charge in [-0.25, -0.2) is 4.79 Å². The van der Waals surface area contributed by atoms with E-state index in [1.54, 1.807) is 74.7 Å². The van der Waals surface area contributed by atoms with Gasteiger partial charge >= 0.3 is 5.97 Å². The molecule has 0 bridgehead atoms. The molecule has 3 aromatic carbocycles. The van der Waals surface area contributed by atoms with Gasteiger partial charge in [-0.1, -0.05) is 36.4 Å². The molecule has 0 saturated carbocycles. The van der Waals surface area contributed by atoms with Crippen LogP contribution in [0, 0.1) is 6.92 Å². The fourth-order valence-electron chi connectivity index (χ4n) is 3.14. The van der Waals surface area contributed by atoms with Crippen LogP contribution in [0.5, 0.6) is 17.2 Å². The first-order valence-corrected chi connectivity index (χ1v) is 10.4. The maximum absolute atomic E-state index is 13.2. The van der Waals surface area contributed by atoms with Crippen LogP contribution in [0.2, 0.25) is 0 Å². The van der Waals surface area contributed by atoms with Gasteiger partial charge in [0.15, 0.2) is 6.10 Å². The monoisotopic (exact) mass is 449 g/mol. The molecule has 7 heteroatoms. The average molecular weight is 450 g/mol. The van der Waals surface area contributed by atoms with Crippen molar-refractivity contribution in [3.63, 3.8) is 0 Å². The molecular formula is C26H27NO6. The second kappa shape index (κ2) is 11.0. The Morgan fingerprint density at radius 1 is 0.848 bits per heavy atom. The van der Waals surface area contributed by atoms with Gasteiger partial charge < -0.3 is 24.3 Å². The van der Waals surface area contributed by atoms with E-state index in [1.165, 1.54) is 7.11 Å². The van der Waals surface area contributed by atoms with E-state index in [0.29, 0.717) is 28.5 Å². The number of methoxy groups -OCH3 is 2. The Bertz CT molecular complexity index is 1080. The zero-order valence-corrected chi connectivity index (χ0v) is 19.0. The molecule has 3 rings (SSSR count). The summed E-state index contributed by atoms with van der Waals surface area (Å²) in [4.78, 5) is 26.0. The summed E-state index contributed by atoms with van der Waals surface area (Å²) in [7, 11) is 3.09. The molecule has 2 unspecified atom stereocenters. The summed E-state index contributed by atoms with van der Waals surface area (Å²) < 4.78 is 21.8. The molecule has 1 N–H and O–H groups in total. The van der Waals surface area contributed by atoms with Crippen LogP contribution in [0.1, 0.15) is 24.2 Å². The fourth-order valence-corrected chi connectivity index (χ4v) is 3.14. The first-order valence-electron chi connectivity index (χ1n) is 10.4. The maximum Gasteiger partial charge on any atom is 0.348 e. The molecule has 3 aromatic rings. The molecule has 0 aliphatic heterocycles. The van der Waals surface area contributed by atoms with Gasteiger partial charge in [-0.15, -0.1) is 0 Å². The van der Waals surface area contributed by atoms with Gasteiger partial charge in [0, 0.05) is 5.56 Å². The van der Waals surface area contributed by atoms with Crippen molar-refractivity contribution in [3.8, 4) is 17.2 Å². The summed E-state index contributed by atoms with van der Waals surface area (Å²) in [6, 6.07) is 21.1. The number of aryl methyl sites for hydroxylation is 1. The van der Waals surface area contributed by atoms with Crippen molar-refractivity contribution in [2.45, 2.75) is 26.1 Å². The quantitative estimate of drug-likeness (QED) is 0.477. The number of anilines is 1. The van der Waals surface area contributed by atoms with Crippen LogP contribution in [0.4, 0.5) is 5.69 Å². The molecule has 0 saturated heterocycles.